The Bertz CT molecular complexity index is 1930. The summed E-state index contributed by atoms with van der Waals surface area (Å²) in [6.07, 6.45) is 2.85. The molecule has 0 saturated heterocycles. The van der Waals surface area contributed by atoms with Crippen LogP contribution in [-0.2, 0) is 15.8 Å². The van der Waals surface area contributed by atoms with E-state index in [0.29, 0.717) is 23.0 Å². The molecule has 2 aromatic carbocycles. The zero-order chi connectivity index (χ0) is 35.0. The van der Waals surface area contributed by atoms with Gasteiger partial charge in [0, 0.05) is 53.0 Å². The Morgan fingerprint density at radius 3 is 2.38 bits per heavy atom. The summed E-state index contributed by atoms with van der Waals surface area (Å²) >= 11 is 0. The first-order valence-electron chi connectivity index (χ1n) is 14.1. The number of rotatable bonds is 9. The number of carboxylic acids is 2. The van der Waals surface area contributed by atoms with Gasteiger partial charge < -0.3 is 31.1 Å². The van der Waals surface area contributed by atoms with Gasteiger partial charge in [-0.2, -0.15) is 13.2 Å². The Morgan fingerprint density at radius 1 is 1.00 bits per heavy atom. The highest BCUT2D eigenvalue weighted by Crippen LogP contribution is 2.33. The van der Waals surface area contributed by atoms with Crippen LogP contribution in [0.3, 0.4) is 0 Å². The zero-order valence-electron chi connectivity index (χ0n) is 25.4. The van der Waals surface area contributed by atoms with Crippen molar-refractivity contribution in [1.29, 1.82) is 0 Å². The third-order valence-corrected chi connectivity index (χ3v) is 6.58. The molecule has 16 heteroatoms. The number of carboxylic acid groups (broad SMARTS) is 2. The molecule has 0 fully saturated rings. The molecule has 13 nitrogen and oxygen atoms in total. The maximum absolute atomic E-state index is 13.6. The maximum Gasteiger partial charge on any atom is 0.416 e. The fourth-order valence-corrected chi connectivity index (χ4v) is 4.15. The first-order valence-corrected chi connectivity index (χ1v) is 14.1. The molecule has 0 aliphatic carbocycles. The van der Waals surface area contributed by atoms with Gasteiger partial charge in [-0.05, 0) is 67.9 Å². The first-order chi connectivity index (χ1) is 22.7. The van der Waals surface area contributed by atoms with Crippen molar-refractivity contribution in [2.24, 2.45) is 5.73 Å². The van der Waals surface area contributed by atoms with Crippen molar-refractivity contribution in [1.82, 2.24) is 24.5 Å². The molecule has 5 aromatic rings. The van der Waals surface area contributed by atoms with Crippen LogP contribution in [0.25, 0.3) is 16.9 Å². The number of anilines is 3. The Kier molecular flexibility index (Phi) is 10.8. The molecule has 0 bridgehead atoms. The van der Waals surface area contributed by atoms with Crippen molar-refractivity contribution < 1.29 is 37.8 Å². The number of hydrogen-bond donors (Lipinski definition) is 5. The standard InChI is InChI=1S/C28H22F3N7O.C4H7NO4/c1-17-5-6-19(10-25(17)37-27-33-9-7-24(36-27)20-4-3-8-32-14-20)26(39)35-22-11-21(28(29,30)31)12-23(13-22)38-15-18(2)34-16-38;5-2(4(8)9)1-3(6)7/h3-16H,1-2H3,(H,35,39)(H,33,36,37);2H,1,5H2,(H,6,7)(H,8,9)/t;2-/m.0/s1. The number of aryl methyl sites for hydroxylation is 2. The van der Waals surface area contributed by atoms with Crippen molar-refractivity contribution in [3.05, 3.63) is 108 Å². The number of carbonyl (C=O) groups is 3. The summed E-state index contributed by atoms with van der Waals surface area (Å²) < 4.78 is 42.3. The monoisotopic (exact) mass is 662 g/mol. The topological polar surface area (TPSA) is 198 Å². The van der Waals surface area contributed by atoms with E-state index in [1.165, 1.54) is 17.0 Å². The molecule has 1 atom stereocenters. The van der Waals surface area contributed by atoms with Crippen LogP contribution in [-0.4, -0.2) is 58.6 Å². The summed E-state index contributed by atoms with van der Waals surface area (Å²) in [6, 6.07) is 12.4. The van der Waals surface area contributed by atoms with E-state index >= 15 is 0 Å². The number of benzene rings is 2. The molecule has 0 unspecified atom stereocenters. The molecule has 3 aromatic heterocycles. The molecule has 248 valence electrons. The van der Waals surface area contributed by atoms with Crippen LogP contribution in [0.4, 0.5) is 30.5 Å². The molecule has 6 N–H and O–H groups in total. The molecule has 0 aliphatic heterocycles. The minimum Gasteiger partial charge on any atom is -0.481 e. The van der Waals surface area contributed by atoms with Crippen LogP contribution in [0, 0.1) is 13.8 Å². The molecule has 48 heavy (non-hydrogen) atoms. The summed E-state index contributed by atoms with van der Waals surface area (Å²) in [5.41, 5.74) is 7.93. The number of hydrogen-bond acceptors (Lipinski definition) is 9. The van der Waals surface area contributed by atoms with Gasteiger partial charge in [0.15, 0.2) is 0 Å². The highest BCUT2D eigenvalue weighted by molar-refractivity contribution is 6.05. The number of amides is 1. The predicted molar refractivity (Wildman–Crippen MR) is 169 cm³/mol. The number of halogens is 3. The van der Waals surface area contributed by atoms with Crippen LogP contribution >= 0.6 is 0 Å². The van der Waals surface area contributed by atoms with Gasteiger partial charge in [-0.1, -0.05) is 6.07 Å². The van der Waals surface area contributed by atoms with Crippen LogP contribution in [0.1, 0.15) is 33.6 Å². The zero-order valence-corrected chi connectivity index (χ0v) is 25.4. The second-order valence-electron chi connectivity index (χ2n) is 10.3. The molecular weight excluding hydrogens is 633 g/mol. The predicted octanol–water partition coefficient (Wildman–Crippen LogP) is 5.23. The van der Waals surface area contributed by atoms with Gasteiger partial charge in [0.2, 0.25) is 5.95 Å². The van der Waals surface area contributed by atoms with E-state index in [1.54, 1.807) is 62.0 Å². The lowest BCUT2D eigenvalue weighted by Crippen LogP contribution is -2.32. The van der Waals surface area contributed by atoms with Crippen molar-refractivity contribution in [2.45, 2.75) is 32.5 Å². The lowest BCUT2D eigenvalue weighted by Gasteiger charge is -2.14. The number of alkyl halides is 3. The molecule has 1 amide bonds. The smallest absolute Gasteiger partial charge is 0.416 e. The van der Waals surface area contributed by atoms with Gasteiger partial charge >= 0.3 is 18.1 Å². The second kappa shape index (κ2) is 15.0. The van der Waals surface area contributed by atoms with Gasteiger partial charge in [-0.25, -0.2) is 15.0 Å². The van der Waals surface area contributed by atoms with E-state index < -0.39 is 42.0 Å². The fraction of sp³-hybridized carbons (Fsp3) is 0.156. The second-order valence-corrected chi connectivity index (χ2v) is 10.3. The number of imidazole rings is 1. The van der Waals surface area contributed by atoms with Crippen molar-refractivity contribution in [2.75, 3.05) is 10.6 Å². The number of pyridine rings is 1. The third kappa shape index (κ3) is 9.43. The van der Waals surface area contributed by atoms with E-state index in [9.17, 15) is 27.6 Å². The molecule has 0 spiro atoms. The molecule has 0 saturated carbocycles. The van der Waals surface area contributed by atoms with E-state index in [-0.39, 0.29) is 16.9 Å². The van der Waals surface area contributed by atoms with Gasteiger partial charge in [-0.15, -0.1) is 0 Å². The fourth-order valence-electron chi connectivity index (χ4n) is 4.15. The Hall–Kier alpha value is -6.16. The number of aromatic nitrogens is 5. The van der Waals surface area contributed by atoms with Gasteiger partial charge in [-0.3, -0.25) is 19.4 Å². The number of nitrogens with one attached hydrogen (secondary N) is 2. The largest absolute Gasteiger partial charge is 0.481 e. The van der Waals surface area contributed by atoms with Crippen LogP contribution in [0.15, 0.2) is 85.7 Å². The van der Waals surface area contributed by atoms with E-state index in [0.717, 1.165) is 23.3 Å². The van der Waals surface area contributed by atoms with Crippen molar-refractivity contribution in [3.8, 4) is 16.9 Å². The van der Waals surface area contributed by atoms with Crippen LogP contribution in [0.2, 0.25) is 0 Å². The van der Waals surface area contributed by atoms with Crippen molar-refractivity contribution in [3.63, 3.8) is 0 Å². The molecule has 3 heterocycles. The average molecular weight is 663 g/mol. The van der Waals surface area contributed by atoms with Gasteiger partial charge in [0.05, 0.1) is 29.7 Å². The Morgan fingerprint density at radius 2 is 1.77 bits per heavy atom. The molecular formula is C32H29F3N8O5. The van der Waals surface area contributed by atoms with E-state index in [2.05, 4.69) is 30.6 Å². The number of carbonyl (C=O) groups excluding carboxylic acids is 1. The van der Waals surface area contributed by atoms with Crippen LogP contribution < -0.4 is 16.4 Å². The summed E-state index contributed by atoms with van der Waals surface area (Å²) in [6.45, 7) is 3.58. The van der Waals surface area contributed by atoms with Crippen LogP contribution in [0.5, 0.6) is 0 Å². The number of nitrogens with zero attached hydrogens (tertiary/aromatic N) is 5. The minimum absolute atomic E-state index is 0.00114. The summed E-state index contributed by atoms with van der Waals surface area (Å²) in [4.78, 5) is 49.7. The highest BCUT2D eigenvalue weighted by atomic mass is 19.4. The minimum atomic E-state index is -4.60. The number of aliphatic carboxylic acids is 2. The first kappa shape index (κ1) is 34.7. The van der Waals surface area contributed by atoms with Crippen molar-refractivity contribution >= 4 is 35.2 Å². The lowest BCUT2D eigenvalue weighted by molar-refractivity contribution is -0.144. The highest BCUT2D eigenvalue weighted by Gasteiger charge is 2.31. The third-order valence-electron chi connectivity index (χ3n) is 6.58. The lowest BCUT2D eigenvalue weighted by atomic mass is 10.1. The maximum atomic E-state index is 13.6. The Labute approximate surface area is 271 Å². The van der Waals surface area contributed by atoms with Gasteiger partial charge in [0.25, 0.3) is 5.91 Å². The summed E-state index contributed by atoms with van der Waals surface area (Å²) in [5, 5.41) is 21.7. The molecule has 0 radical (unpaired) electrons. The normalized spacial score (nSPS) is 11.5. The Balaban J connectivity index is 0.000000508. The van der Waals surface area contributed by atoms with Gasteiger partial charge in [0.1, 0.15) is 6.04 Å². The van der Waals surface area contributed by atoms with E-state index in [4.69, 9.17) is 15.9 Å². The summed E-state index contributed by atoms with van der Waals surface area (Å²) in [5.74, 6) is -2.76. The number of nitrogens with two attached hydrogens (primary N) is 1. The average Bonchev–Trinajstić information content (AvgIpc) is 3.48. The summed E-state index contributed by atoms with van der Waals surface area (Å²) in [7, 11) is 0. The SMILES string of the molecule is Cc1cn(-c2cc(NC(=O)c3ccc(C)c(Nc4nccc(-c5cccnc5)n4)c3)cc(C(F)(F)F)c2)cn1.N[C@@H](CC(=O)O)C(=O)O. The van der Waals surface area contributed by atoms with E-state index in [1.807, 2.05) is 13.0 Å². The molecule has 0 aliphatic rings. The quantitative estimate of drug-likeness (QED) is 0.139. The molecule has 5 rings (SSSR count).